The second kappa shape index (κ2) is 3.98. The van der Waals surface area contributed by atoms with Gasteiger partial charge in [0.25, 0.3) is 0 Å². The number of carbonyl (C=O) groups is 1. The van der Waals surface area contributed by atoms with E-state index in [0.717, 1.165) is 21.8 Å². The molecule has 3 nitrogen and oxygen atoms in total. The Balaban J connectivity index is 2.41. The maximum atomic E-state index is 11.0. The van der Waals surface area contributed by atoms with E-state index in [-0.39, 0.29) is 11.8 Å². The van der Waals surface area contributed by atoms with Gasteiger partial charge in [-0.3, -0.25) is 4.79 Å². The standard InChI is InChI=1S/C12H14ClNO2/c1-6(12(15)16)9-5-14-11-7(2)10(13)4-3-8(9)11/h3-4,6,9,14H,5H2,1-2H3,(H,15,16). The quantitative estimate of drug-likeness (QED) is 0.834. The molecule has 0 fully saturated rings. The molecule has 1 heterocycles. The minimum Gasteiger partial charge on any atom is -0.481 e. The zero-order chi connectivity index (χ0) is 11.9. The van der Waals surface area contributed by atoms with Crippen LogP contribution in [0, 0.1) is 12.8 Å². The van der Waals surface area contributed by atoms with Crippen LogP contribution in [0.1, 0.15) is 24.0 Å². The maximum absolute atomic E-state index is 11.0. The lowest BCUT2D eigenvalue weighted by molar-refractivity contribution is -0.141. The summed E-state index contributed by atoms with van der Waals surface area (Å²) in [6.45, 7) is 4.36. The van der Waals surface area contributed by atoms with Crippen LogP contribution in [0.2, 0.25) is 5.02 Å². The Morgan fingerprint density at radius 3 is 2.94 bits per heavy atom. The lowest BCUT2D eigenvalue weighted by Crippen LogP contribution is -2.20. The minimum atomic E-state index is -0.757. The Hall–Kier alpha value is -1.22. The summed E-state index contributed by atoms with van der Waals surface area (Å²) < 4.78 is 0. The highest BCUT2D eigenvalue weighted by Crippen LogP contribution is 2.40. The van der Waals surface area contributed by atoms with Crippen molar-refractivity contribution in [3.8, 4) is 0 Å². The van der Waals surface area contributed by atoms with Crippen LogP contribution in [0.4, 0.5) is 5.69 Å². The van der Waals surface area contributed by atoms with E-state index in [4.69, 9.17) is 16.7 Å². The third-order valence-corrected chi connectivity index (χ3v) is 3.73. The number of halogens is 1. The number of hydrogen-bond acceptors (Lipinski definition) is 2. The number of hydrogen-bond donors (Lipinski definition) is 2. The van der Waals surface area contributed by atoms with Gasteiger partial charge in [0, 0.05) is 23.2 Å². The first-order valence-corrected chi connectivity index (χ1v) is 5.66. The molecular weight excluding hydrogens is 226 g/mol. The van der Waals surface area contributed by atoms with E-state index in [9.17, 15) is 4.79 Å². The monoisotopic (exact) mass is 239 g/mol. The molecule has 0 bridgehead atoms. The van der Waals surface area contributed by atoms with E-state index in [1.165, 1.54) is 0 Å². The highest BCUT2D eigenvalue weighted by molar-refractivity contribution is 6.31. The van der Waals surface area contributed by atoms with Gasteiger partial charge in [0.2, 0.25) is 0 Å². The average Bonchev–Trinajstić information content (AvgIpc) is 2.66. The van der Waals surface area contributed by atoms with Crippen LogP contribution in [0.25, 0.3) is 0 Å². The van der Waals surface area contributed by atoms with Crippen molar-refractivity contribution in [1.82, 2.24) is 0 Å². The predicted molar refractivity (Wildman–Crippen MR) is 64.2 cm³/mol. The summed E-state index contributed by atoms with van der Waals surface area (Å²) in [4.78, 5) is 11.0. The van der Waals surface area contributed by atoms with Gasteiger partial charge in [-0.25, -0.2) is 0 Å². The Bertz CT molecular complexity index is 445. The second-order valence-electron chi connectivity index (χ2n) is 4.25. The van der Waals surface area contributed by atoms with Crippen molar-refractivity contribution in [3.63, 3.8) is 0 Å². The van der Waals surface area contributed by atoms with Crippen molar-refractivity contribution in [2.45, 2.75) is 19.8 Å². The van der Waals surface area contributed by atoms with Gasteiger partial charge in [0.1, 0.15) is 0 Å². The summed E-state index contributed by atoms with van der Waals surface area (Å²) in [7, 11) is 0. The van der Waals surface area contributed by atoms with Gasteiger partial charge in [-0.2, -0.15) is 0 Å². The first-order chi connectivity index (χ1) is 7.52. The fraction of sp³-hybridized carbons (Fsp3) is 0.417. The van der Waals surface area contributed by atoms with E-state index in [0.29, 0.717) is 6.54 Å². The fourth-order valence-corrected chi connectivity index (χ4v) is 2.35. The highest BCUT2D eigenvalue weighted by Gasteiger charge is 2.32. The summed E-state index contributed by atoms with van der Waals surface area (Å²) in [5.74, 6) is -1.11. The first-order valence-electron chi connectivity index (χ1n) is 5.28. The molecule has 1 aromatic carbocycles. The third kappa shape index (κ3) is 1.65. The number of fused-ring (bicyclic) bond motifs is 1. The third-order valence-electron chi connectivity index (χ3n) is 3.32. The van der Waals surface area contributed by atoms with Crippen LogP contribution in [0.3, 0.4) is 0 Å². The molecule has 0 saturated carbocycles. The zero-order valence-electron chi connectivity index (χ0n) is 9.25. The molecule has 1 aromatic rings. The molecule has 0 spiro atoms. The van der Waals surface area contributed by atoms with E-state index in [2.05, 4.69) is 5.32 Å². The lowest BCUT2D eigenvalue weighted by atomic mass is 9.88. The van der Waals surface area contributed by atoms with Gasteiger partial charge in [0.05, 0.1) is 5.92 Å². The summed E-state index contributed by atoms with van der Waals surface area (Å²) in [6.07, 6.45) is 0. The number of rotatable bonds is 2. The van der Waals surface area contributed by atoms with Crippen molar-refractivity contribution >= 4 is 23.3 Å². The zero-order valence-corrected chi connectivity index (χ0v) is 10.0. The molecule has 1 aliphatic rings. The molecule has 0 aromatic heterocycles. The van der Waals surface area contributed by atoms with Gasteiger partial charge in [-0.15, -0.1) is 0 Å². The molecular formula is C12H14ClNO2. The molecule has 2 unspecified atom stereocenters. The van der Waals surface area contributed by atoms with E-state index in [1.54, 1.807) is 6.92 Å². The van der Waals surface area contributed by atoms with Gasteiger partial charge in [-0.1, -0.05) is 24.6 Å². The van der Waals surface area contributed by atoms with E-state index < -0.39 is 5.97 Å². The molecule has 1 aliphatic heterocycles. The van der Waals surface area contributed by atoms with Crippen molar-refractivity contribution in [2.75, 3.05) is 11.9 Å². The first kappa shape index (κ1) is 11.3. The molecule has 2 rings (SSSR count). The highest BCUT2D eigenvalue weighted by atomic mass is 35.5. The van der Waals surface area contributed by atoms with Crippen LogP contribution in [-0.4, -0.2) is 17.6 Å². The Labute approximate surface area is 99.4 Å². The maximum Gasteiger partial charge on any atom is 0.306 e. The van der Waals surface area contributed by atoms with Crippen LogP contribution in [0.5, 0.6) is 0 Å². The lowest BCUT2D eigenvalue weighted by Gasteiger charge is -2.15. The van der Waals surface area contributed by atoms with Crippen LogP contribution in [0.15, 0.2) is 12.1 Å². The average molecular weight is 240 g/mol. The van der Waals surface area contributed by atoms with E-state index in [1.807, 2.05) is 19.1 Å². The molecule has 16 heavy (non-hydrogen) atoms. The van der Waals surface area contributed by atoms with Crippen molar-refractivity contribution in [2.24, 2.45) is 5.92 Å². The number of benzene rings is 1. The molecule has 2 N–H and O–H groups in total. The van der Waals surface area contributed by atoms with Gasteiger partial charge < -0.3 is 10.4 Å². The summed E-state index contributed by atoms with van der Waals surface area (Å²) >= 11 is 6.03. The molecule has 0 saturated heterocycles. The SMILES string of the molecule is Cc1c(Cl)ccc2c1NCC2C(C)C(=O)O. The predicted octanol–water partition coefficient (Wildman–Crippen LogP) is 2.88. The van der Waals surface area contributed by atoms with Crippen molar-refractivity contribution in [1.29, 1.82) is 0 Å². The van der Waals surface area contributed by atoms with Crippen LogP contribution < -0.4 is 5.32 Å². The molecule has 0 aliphatic carbocycles. The summed E-state index contributed by atoms with van der Waals surface area (Å²) in [5.41, 5.74) is 3.07. The Morgan fingerprint density at radius 2 is 2.31 bits per heavy atom. The largest absolute Gasteiger partial charge is 0.481 e. The normalized spacial score (nSPS) is 20.1. The Morgan fingerprint density at radius 1 is 1.62 bits per heavy atom. The number of carboxylic acid groups (broad SMARTS) is 1. The summed E-state index contributed by atoms with van der Waals surface area (Å²) in [5, 5.41) is 13.0. The topological polar surface area (TPSA) is 49.3 Å². The number of nitrogens with one attached hydrogen (secondary N) is 1. The number of carboxylic acids is 1. The van der Waals surface area contributed by atoms with E-state index >= 15 is 0 Å². The minimum absolute atomic E-state index is 0.0310. The van der Waals surface area contributed by atoms with Gasteiger partial charge >= 0.3 is 5.97 Å². The molecule has 86 valence electrons. The smallest absolute Gasteiger partial charge is 0.306 e. The fourth-order valence-electron chi connectivity index (χ4n) is 2.19. The second-order valence-corrected chi connectivity index (χ2v) is 4.66. The van der Waals surface area contributed by atoms with Crippen LogP contribution in [-0.2, 0) is 4.79 Å². The van der Waals surface area contributed by atoms with Gasteiger partial charge in [0.15, 0.2) is 0 Å². The number of aliphatic carboxylic acids is 1. The van der Waals surface area contributed by atoms with Crippen molar-refractivity contribution < 1.29 is 9.90 Å². The van der Waals surface area contributed by atoms with Crippen molar-refractivity contribution in [3.05, 3.63) is 28.3 Å². The summed E-state index contributed by atoms with van der Waals surface area (Å²) in [6, 6.07) is 3.76. The molecule has 0 radical (unpaired) electrons. The number of anilines is 1. The van der Waals surface area contributed by atoms with Gasteiger partial charge in [-0.05, 0) is 24.1 Å². The molecule has 0 amide bonds. The molecule has 4 heteroatoms. The molecule has 2 atom stereocenters. The Kier molecular flexibility index (Phi) is 2.80. The van der Waals surface area contributed by atoms with Crippen LogP contribution >= 0.6 is 11.6 Å².